The largest absolute Gasteiger partial charge is 0.480 e. The Balaban J connectivity index is 1.83. The minimum Gasteiger partial charge on any atom is -0.480 e. The smallest absolute Gasteiger partial charge is 0.416 e. The van der Waals surface area contributed by atoms with Gasteiger partial charge in [0.1, 0.15) is 13.2 Å². The molecule has 2 rings (SSSR count). The van der Waals surface area contributed by atoms with Crippen molar-refractivity contribution < 1.29 is 32.6 Å². The van der Waals surface area contributed by atoms with E-state index in [4.69, 9.17) is 20.4 Å². The number of aliphatic carboxylic acids is 1. The fourth-order valence-corrected chi connectivity index (χ4v) is 2.08. The number of oxime groups is 1. The summed E-state index contributed by atoms with van der Waals surface area (Å²) in [4.78, 5) is 19.6. The number of hydrogen-bond acceptors (Lipinski definition) is 7. The Bertz CT molecular complexity index is 990. The number of carboxylic acid groups (broad SMARTS) is 1. The summed E-state index contributed by atoms with van der Waals surface area (Å²) in [6.45, 7) is 1.03. The Morgan fingerprint density at radius 1 is 1.19 bits per heavy atom. The molecule has 2 aromatic rings. The number of nitrogens with zero attached hydrogens (tertiary/aromatic N) is 5. The Kier molecular flexibility index (Phi) is 8.63. The van der Waals surface area contributed by atoms with Crippen molar-refractivity contribution in [3.05, 3.63) is 59.3 Å². The van der Waals surface area contributed by atoms with Gasteiger partial charge >= 0.3 is 12.1 Å². The predicted molar refractivity (Wildman–Crippen MR) is 107 cm³/mol. The van der Waals surface area contributed by atoms with Crippen LogP contribution < -0.4 is 10.5 Å². The van der Waals surface area contributed by atoms with Crippen LogP contribution in [0.3, 0.4) is 0 Å². The molecule has 0 aliphatic rings. The molecule has 0 saturated heterocycles. The van der Waals surface area contributed by atoms with Crippen LogP contribution in [-0.2, 0) is 22.4 Å². The van der Waals surface area contributed by atoms with E-state index in [1.54, 1.807) is 19.1 Å². The normalized spacial score (nSPS) is 12.8. The van der Waals surface area contributed by atoms with Crippen molar-refractivity contribution in [3.8, 4) is 5.88 Å². The van der Waals surface area contributed by atoms with Gasteiger partial charge in [-0.1, -0.05) is 17.3 Å². The second-order valence-electron chi connectivity index (χ2n) is 6.19. The van der Waals surface area contributed by atoms with Crippen molar-refractivity contribution in [3.63, 3.8) is 0 Å². The lowest BCUT2D eigenvalue weighted by Gasteiger charge is -2.07. The van der Waals surface area contributed by atoms with Crippen LogP contribution in [0, 0.1) is 0 Å². The van der Waals surface area contributed by atoms with E-state index in [9.17, 15) is 18.0 Å². The first-order valence-corrected chi connectivity index (χ1v) is 8.97. The molecule has 1 heterocycles. The number of benzene rings is 1. The quantitative estimate of drug-likeness (QED) is 0.245. The minimum atomic E-state index is -4.39. The van der Waals surface area contributed by atoms with Gasteiger partial charge in [0.2, 0.25) is 5.88 Å². The molecular formula is C19H19F3N6O4. The number of pyridine rings is 1. The van der Waals surface area contributed by atoms with Crippen LogP contribution in [0.25, 0.3) is 0 Å². The molecule has 0 aliphatic carbocycles. The highest BCUT2D eigenvalue weighted by molar-refractivity contribution is 5.98. The first-order valence-electron chi connectivity index (χ1n) is 8.97. The molecule has 0 aliphatic heterocycles. The van der Waals surface area contributed by atoms with Gasteiger partial charge in [0, 0.05) is 17.8 Å². The lowest BCUT2D eigenvalue weighted by atomic mass is 10.1. The van der Waals surface area contributed by atoms with Crippen molar-refractivity contribution in [1.29, 1.82) is 0 Å². The van der Waals surface area contributed by atoms with Gasteiger partial charge in [0.25, 0.3) is 0 Å². The number of hydrogen-bond donors (Lipinski definition) is 2. The maximum atomic E-state index is 12.6. The Hall–Kier alpha value is -4.03. The van der Waals surface area contributed by atoms with E-state index >= 15 is 0 Å². The topological polar surface area (TPSA) is 144 Å². The zero-order chi connectivity index (χ0) is 23.6. The van der Waals surface area contributed by atoms with Crippen LogP contribution in [-0.4, -0.2) is 40.8 Å². The van der Waals surface area contributed by atoms with Gasteiger partial charge in [0.15, 0.2) is 12.4 Å². The monoisotopic (exact) mass is 452 g/mol. The van der Waals surface area contributed by atoms with Crippen LogP contribution >= 0.6 is 0 Å². The first-order chi connectivity index (χ1) is 15.1. The number of amidine groups is 1. The average Bonchev–Trinajstić information content (AvgIpc) is 2.75. The fraction of sp³-hybridized carbons (Fsp3) is 0.263. The van der Waals surface area contributed by atoms with E-state index in [1.807, 2.05) is 0 Å². The maximum absolute atomic E-state index is 12.6. The third kappa shape index (κ3) is 8.38. The molecule has 32 heavy (non-hydrogen) atoms. The maximum Gasteiger partial charge on any atom is 0.416 e. The molecule has 10 nitrogen and oxygen atoms in total. The van der Waals surface area contributed by atoms with Gasteiger partial charge in [-0.3, -0.25) is 4.79 Å². The van der Waals surface area contributed by atoms with Gasteiger partial charge in [-0.05, 0) is 35.9 Å². The van der Waals surface area contributed by atoms with Crippen molar-refractivity contribution in [2.45, 2.75) is 19.7 Å². The Labute approximate surface area is 180 Å². The number of rotatable bonds is 10. The average molecular weight is 452 g/mol. The number of ether oxygens (including phenoxy) is 1. The number of nitrogens with two attached hydrogens (primary N) is 1. The van der Waals surface area contributed by atoms with Crippen molar-refractivity contribution >= 4 is 17.5 Å². The summed E-state index contributed by atoms with van der Waals surface area (Å²) < 4.78 is 43.0. The van der Waals surface area contributed by atoms with E-state index in [0.29, 0.717) is 16.8 Å². The summed E-state index contributed by atoms with van der Waals surface area (Å²) >= 11 is 0. The second-order valence-corrected chi connectivity index (χ2v) is 6.19. The molecule has 0 bridgehead atoms. The highest BCUT2D eigenvalue weighted by Gasteiger charge is 2.29. The number of carbonyl (C=O) groups is 1. The zero-order valence-electron chi connectivity index (χ0n) is 16.8. The van der Waals surface area contributed by atoms with Gasteiger partial charge in [-0.15, -0.1) is 5.10 Å². The molecule has 13 heteroatoms. The van der Waals surface area contributed by atoms with Crippen LogP contribution in [0.4, 0.5) is 13.2 Å². The second kappa shape index (κ2) is 11.4. The molecular weight excluding hydrogens is 433 g/mol. The minimum absolute atomic E-state index is 0.00646. The summed E-state index contributed by atoms with van der Waals surface area (Å²) in [5.41, 5.74) is 6.49. The van der Waals surface area contributed by atoms with Crippen LogP contribution in [0.5, 0.6) is 5.88 Å². The molecule has 0 spiro atoms. The molecule has 0 atom stereocenters. The van der Waals surface area contributed by atoms with Gasteiger partial charge < -0.3 is 20.4 Å². The Morgan fingerprint density at radius 2 is 1.91 bits per heavy atom. The molecule has 0 amide bonds. The van der Waals surface area contributed by atoms with E-state index in [2.05, 4.69) is 25.6 Å². The Morgan fingerprint density at radius 3 is 2.50 bits per heavy atom. The summed E-state index contributed by atoms with van der Waals surface area (Å²) in [5, 5.41) is 22.3. The number of aromatic nitrogens is 1. The molecule has 170 valence electrons. The van der Waals surface area contributed by atoms with E-state index in [0.717, 1.165) is 12.1 Å². The van der Waals surface area contributed by atoms with Gasteiger partial charge in [0.05, 0.1) is 11.3 Å². The van der Waals surface area contributed by atoms with E-state index in [1.165, 1.54) is 18.3 Å². The number of alkyl halides is 3. The third-order valence-electron chi connectivity index (χ3n) is 3.68. The van der Waals surface area contributed by atoms with Crippen molar-refractivity contribution in [2.24, 2.45) is 26.3 Å². The van der Waals surface area contributed by atoms with Crippen LogP contribution in [0.15, 0.2) is 63.2 Å². The zero-order valence-corrected chi connectivity index (χ0v) is 16.8. The highest BCUT2D eigenvalue weighted by Crippen LogP contribution is 2.29. The number of carboxylic acids is 1. The van der Waals surface area contributed by atoms with Gasteiger partial charge in [-0.25, -0.2) is 4.98 Å². The van der Waals surface area contributed by atoms with Crippen molar-refractivity contribution in [1.82, 2.24) is 4.98 Å². The highest BCUT2D eigenvalue weighted by atomic mass is 19.4. The molecule has 0 radical (unpaired) electrons. The SMILES string of the molecule is C/C(=N\OCc1ccc(C(F)(F)F)cc1)c1ccc(OCC(N)=NN=NCC(=O)O)nc1. The predicted octanol–water partition coefficient (Wildman–Crippen LogP) is 3.23. The lowest BCUT2D eigenvalue weighted by molar-refractivity contribution is -0.137. The van der Waals surface area contributed by atoms with E-state index in [-0.39, 0.29) is 24.9 Å². The standard InChI is InChI=1S/C19H19F3N6O4/c1-12(27-32-10-13-2-5-15(6-3-13)19(20,21)22)14-4-7-17(24-8-14)31-11-16(23)26-28-25-9-18(29)30/h2-8H,9-11H2,1H3,(H,29,30)(H2,23,25,26)/b27-12+. The summed E-state index contributed by atoms with van der Waals surface area (Å²) in [6.07, 6.45) is -2.90. The molecule has 1 aromatic carbocycles. The third-order valence-corrected chi connectivity index (χ3v) is 3.68. The summed E-state index contributed by atoms with van der Waals surface area (Å²) in [6, 6.07) is 7.84. The first kappa shape index (κ1) is 24.2. The lowest BCUT2D eigenvalue weighted by Crippen LogP contribution is -2.21. The number of halogens is 3. The summed E-state index contributed by atoms with van der Waals surface area (Å²) in [5.74, 6) is -0.931. The van der Waals surface area contributed by atoms with Gasteiger partial charge in [-0.2, -0.15) is 18.3 Å². The molecule has 3 N–H and O–H groups in total. The molecule has 0 unspecified atom stereocenters. The van der Waals surface area contributed by atoms with Crippen molar-refractivity contribution in [2.75, 3.05) is 13.2 Å². The van der Waals surface area contributed by atoms with Crippen LogP contribution in [0.2, 0.25) is 0 Å². The summed E-state index contributed by atoms with van der Waals surface area (Å²) in [7, 11) is 0. The fourth-order valence-electron chi connectivity index (χ4n) is 2.08. The van der Waals surface area contributed by atoms with Crippen LogP contribution in [0.1, 0.15) is 23.6 Å². The molecule has 1 aromatic heterocycles. The molecule has 0 fully saturated rings. The molecule has 0 saturated carbocycles. The van der Waals surface area contributed by atoms with E-state index < -0.39 is 24.3 Å².